The molecule has 0 aromatic carbocycles. The molecule has 0 atom stereocenters. The first-order chi connectivity index (χ1) is 6.34. The fourth-order valence-corrected chi connectivity index (χ4v) is 1.30. The minimum absolute atomic E-state index is 0.842. The van der Waals surface area contributed by atoms with Crippen LogP contribution in [0.5, 0.6) is 0 Å². The van der Waals surface area contributed by atoms with Gasteiger partial charge in [-0.25, -0.2) is 4.98 Å². The molecule has 0 spiro atoms. The van der Waals surface area contributed by atoms with Crippen LogP contribution in [0, 0.1) is 6.92 Å². The molecule has 3 heteroatoms. The summed E-state index contributed by atoms with van der Waals surface area (Å²) in [7, 11) is 0. The Balaban J connectivity index is 2.19. The number of pyridine rings is 1. The SMILES string of the molecule is Cc1cncc(Cn2ccnc2)c1. The maximum Gasteiger partial charge on any atom is 0.0949 e. The molecule has 0 N–H and O–H groups in total. The molecule has 0 bridgehead atoms. The van der Waals surface area contributed by atoms with Crippen LogP contribution in [0.15, 0.2) is 37.2 Å². The number of rotatable bonds is 2. The summed E-state index contributed by atoms with van der Waals surface area (Å²) in [4.78, 5) is 8.11. The molecule has 0 radical (unpaired) electrons. The van der Waals surface area contributed by atoms with Gasteiger partial charge in [-0.1, -0.05) is 6.07 Å². The van der Waals surface area contributed by atoms with Crippen molar-refractivity contribution in [2.75, 3.05) is 0 Å². The highest BCUT2D eigenvalue weighted by Crippen LogP contribution is 2.03. The van der Waals surface area contributed by atoms with Gasteiger partial charge in [0.05, 0.1) is 12.9 Å². The second kappa shape index (κ2) is 3.39. The van der Waals surface area contributed by atoms with E-state index in [1.807, 2.05) is 36.4 Å². The van der Waals surface area contributed by atoms with Crippen LogP contribution >= 0.6 is 0 Å². The van der Waals surface area contributed by atoms with Gasteiger partial charge in [0.1, 0.15) is 0 Å². The Labute approximate surface area is 77.1 Å². The first kappa shape index (κ1) is 7.98. The third-order valence-electron chi connectivity index (χ3n) is 1.86. The maximum absolute atomic E-state index is 4.13. The summed E-state index contributed by atoms with van der Waals surface area (Å²) in [6.07, 6.45) is 9.28. The molecule has 2 aromatic rings. The first-order valence-electron chi connectivity index (χ1n) is 4.21. The zero-order chi connectivity index (χ0) is 9.10. The third kappa shape index (κ3) is 1.93. The van der Waals surface area contributed by atoms with Gasteiger partial charge in [0.2, 0.25) is 0 Å². The molecule has 3 nitrogen and oxygen atoms in total. The smallest absolute Gasteiger partial charge is 0.0949 e. The van der Waals surface area contributed by atoms with Crippen LogP contribution < -0.4 is 0 Å². The maximum atomic E-state index is 4.13. The van der Waals surface area contributed by atoms with Crippen LogP contribution in [-0.2, 0) is 6.54 Å². The predicted octanol–water partition coefficient (Wildman–Crippen LogP) is 1.63. The molecule has 0 saturated carbocycles. The lowest BCUT2D eigenvalue weighted by Crippen LogP contribution is -1.97. The van der Waals surface area contributed by atoms with Gasteiger partial charge >= 0.3 is 0 Å². The van der Waals surface area contributed by atoms with E-state index in [-0.39, 0.29) is 0 Å². The van der Waals surface area contributed by atoms with E-state index in [2.05, 4.69) is 16.0 Å². The molecule has 66 valence electrons. The molecule has 2 heterocycles. The van der Waals surface area contributed by atoms with E-state index in [1.165, 1.54) is 11.1 Å². The molecule has 0 fully saturated rings. The van der Waals surface area contributed by atoms with Crippen molar-refractivity contribution < 1.29 is 0 Å². The Hall–Kier alpha value is -1.64. The van der Waals surface area contributed by atoms with Gasteiger partial charge in [-0.05, 0) is 18.1 Å². The largest absolute Gasteiger partial charge is 0.333 e. The van der Waals surface area contributed by atoms with E-state index < -0.39 is 0 Å². The Morgan fingerprint density at radius 2 is 2.23 bits per heavy atom. The molecule has 2 aromatic heterocycles. The van der Waals surface area contributed by atoms with Crippen molar-refractivity contribution in [3.8, 4) is 0 Å². The van der Waals surface area contributed by atoms with E-state index >= 15 is 0 Å². The van der Waals surface area contributed by atoms with E-state index in [0.29, 0.717) is 0 Å². The summed E-state index contributed by atoms with van der Waals surface area (Å²) in [5.41, 5.74) is 2.40. The topological polar surface area (TPSA) is 30.7 Å². The highest BCUT2D eigenvalue weighted by Gasteiger charge is 1.94. The van der Waals surface area contributed by atoms with Crippen molar-refractivity contribution in [1.82, 2.24) is 14.5 Å². The fourth-order valence-electron chi connectivity index (χ4n) is 1.30. The Kier molecular flexibility index (Phi) is 2.08. The highest BCUT2D eigenvalue weighted by molar-refractivity contribution is 5.16. The van der Waals surface area contributed by atoms with Crippen LogP contribution in [0.2, 0.25) is 0 Å². The second-order valence-corrected chi connectivity index (χ2v) is 3.11. The van der Waals surface area contributed by atoms with Crippen molar-refractivity contribution >= 4 is 0 Å². The Morgan fingerprint density at radius 3 is 2.92 bits per heavy atom. The van der Waals surface area contributed by atoms with Crippen molar-refractivity contribution in [2.24, 2.45) is 0 Å². The zero-order valence-electron chi connectivity index (χ0n) is 7.51. The van der Waals surface area contributed by atoms with Gasteiger partial charge in [0.25, 0.3) is 0 Å². The number of imidazole rings is 1. The first-order valence-corrected chi connectivity index (χ1v) is 4.21. The summed E-state index contributed by atoms with van der Waals surface area (Å²) < 4.78 is 2.02. The lowest BCUT2D eigenvalue weighted by atomic mass is 10.2. The molecule has 0 unspecified atom stereocenters. The van der Waals surface area contributed by atoms with Gasteiger partial charge < -0.3 is 4.57 Å². The Morgan fingerprint density at radius 1 is 1.31 bits per heavy atom. The highest BCUT2D eigenvalue weighted by atomic mass is 15.0. The van der Waals surface area contributed by atoms with Gasteiger partial charge in [-0.15, -0.1) is 0 Å². The molecule has 2 rings (SSSR count). The summed E-state index contributed by atoms with van der Waals surface area (Å²) in [5.74, 6) is 0. The number of hydrogen-bond acceptors (Lipinski definition) is 2. The quantitative estimate of drug-likeness (QED) is 0.691. The van der Waals surface area contributed by atoms with Crippen LogP contribution in [0.25, 0.3) is 0 Å². The lowest BCUT2D eigenvalue weighted by Gasteiger charge is -2.02. The van der Waals surface area contributed by atoms with Gasteiger partial charge in [-0.2, -0.15) is 0 Å². The third-order valence-corrected chi connectivity index (χ3v) is 1.86. The number of aryl methyl sites for hydroxylation is 1. The van der Waals surface area contributed by atoms with Crippen LogP contribution in [0.3, 0.4) is 0 Å². The summed E-state index contributed by atoms with van der Waals surface area (Å²) >= 11 is 0. The lowest BCUT2D eigenvalue weighted by molar-refractivity contribution is 0.792. The minimum Gasteiger partial charge on any atom is -0.333 e. The zero-order valence-corrected chi connectivity index (χ0v) is 7.51. The summed E-state index contributed by atoms with van der Waals surface area (Å²) in [5, 5.41) is 0. The van der Waals surface area contributed by atoms with E-state index in [4.69, 9.17) is 0 Å². The van der Waals surface area contributed by atoms with Crippen LogP contribution in [0.4, 0.5) is 0 Å². The normalized spacial score (nSPS) is 10.2. The number of hydrogen-bond donors (Lipinski definition) is 0. The minimum atomic E-state index is 0.842. The molecule has 0 amide bonds. The van der Waals surface area contributed by atoms with Crippen molar-refractivity contribution in [3.63, 3.8) is 0 Å². The van der Waals surface area contributed by atoms with Crippen molar-refractivity contribution in [1.29, 1.82) is 0 Å². The monoisotopic (exact) mass is 173 g/mol. The fraction of sp³-hybridized carbons (Fsp3) is 0.200. The van der Waals surface area contributed by atoms with E-state index in [9.17, 15) is 0 Å². The average molecular weight is 173 g/mol. The predicted molar refractivity (Wildman–Crippen MR) is 50.3 cm³/mol. The molecular formula is C10H11N3. The molecule has 13 heavy (non-hydrogen) atoms. The average Bonchev–Trinajstić information content (AvgIpc) is 2.57. The number of nitrogens with zero attached hydrogens (tertiary/aromatic N) is 3. The van der Waals surface area contributed by atoms with Gasteiger partial charge in [-0.3, -0.25) is 4.98 Å². The Bertz CT molecular complexity index is 379. The molecule has 0 aliphatic carbocycles. The molecule has 0 aliphatic heterocycles. The standard InChI is InChI=1S/C10H11N3/c1-9-4-10(6-12-5-9)7-13-3-2-11-8-13/h2-6,8H,7H2,1H3. The van der Waals surface area contributed by atoms with Crippen LogP contribution in [0.1, 0.15) is 11.1 Å². The van der Waals surface area contributed by atoms with Crippen molar-refractivity contribution in [2.45, 2.75) is 13.5 Å². The summed E-state index contributed by atoms with van der Waals surface area (Å²) in [6.45, 7) is 2.89. The van der Waals surface area contributed by atoms with E-state index in [0.717, 1.165) is 6.54 Å². The molecular weight excluding hydrogens is 162 g/mol. The van der Waals surface area contributed by atoms with Crippen molar-refractivity contribution in [3.05, 3.63) is 48.3 Å². The second-order valence-electron chi connectivity index (χ2n) is 3.11. The number of aromatic nitrogens is 3. The van der Waals surface area contributed by atoms with E-state index in [1.54, 1.807) is 6.20 Å². The molecule has 0 saturated heterocycles. The van der Waals surface area contributed by atoms with Gasteiger partial charge in [0, 0.05) is 24.8 Å². The molecule has 0 aliphatic rings. The summed E-state index contributed by atoms with van der Waals surface area (Å²) in [6, 6.07) is 2.13. The van der Waals surface area contributed by atoms with Crippen LogP contribution in [-0.4, -0.2) is 14.5 Å². The van der Waals surface area contributed by atoms with Gasteiger partial charge in [0.15, 0.2) is 0 Å².